The minimum atomic E-state index is 0.0934. The van der Waals surface area contributed by atoms with E-state index in [9.17, 15) is 4.79 Å². The van der Waals surface area contributed by atoms with Crippen molar-refractivity contribution < 1.29 is 4.79 Å². The summed E-state index contributed by atoms with van der Waals surface area (Å²) < 4.78 is 0. The Bertz CT molecular complexity index is 178. The Morgan fingerprint density at radius 3 is 2.69 bits per heavy atom. The third kappa shape index (κ3) is 4.27. The van der Waals surface area contributed by atoms with E-state index in [4.69, 9.17) is 0 Å². The van der Waals surface area contributed by atoms with Crippen molar-refractivity contribution >= 4 is 5.91 Å². The summed E-state index contributed by atoms with van der Waals surface area (Å²) in [5, 5.41) is 6.26. The van der Waals surface area contributed by atoms with Crippen LogP contribution in [0.15, 0.2) is 0 Å². The molecule has 1 aliphatic heterocycles. The molecular formula is C10H20N2O. The Morgan fingerprint density at radius 1 is 1.54 bits per heavy atom. The zero-order valence-corrected chi connectivity index (χ0v) is 8.81. The van der Waals surface area contributed by atoms with Crippen LogP contribution in [-0.2, 0) is 4.79 Å². The second-order valence-electron chi connectivity index (χ2n) is 4.99. The fraction of sp³-hybridized carbons (Fsp3) is 0.900. The molecule has 0 aromatic heterocycles. The summed E-state index contributed by atoms with van der Waals surface area (Å²) in [6, 6.07) is 0.356. The average molecular weight is 184 g/mol. The van der Waals surface area contributed by atoms with Crippen molar-refractivity contribution in [1.82, 2.24) is 10.6 Å². The molecule has 1 heterocycles. The van der Waals surface area contributed by atoms with Crippen LogP contribution in [0.2, 0.25) is 0 Å². The van der Waals surface area contributed by atoms with Crippen molar-refractivity contribution in [3.63, 3.8) is 0 Å². The smallest absolute Gasteiger partial charge is 0.220 e. The first kappa shape index (κ1) is 10.5. The summed E-state index contributed by atoms with van der Waals surface area (Å²) in [5.74, 6) is 0.182. The molecule has 3 nitrogen and oxygen atoms in total. The predicted octanol–water partition coefficient (Wildman–Crippen LogP) is 0.901. The van der Waals surface area contributed by atoms with Gasteiger partial charge in [0.2, 0.25) is 5.91 Å². The van der Waals surface area contributed by atoms with Crippen molar-refractivity contribution in [3.05, 3.63) is 0 Å². The lowest BCUT2D eigenvalue weighted by Crippen LogP contribution is -2.37. The summed E-state index contributed by atoms with van der Waals surface area (Å²) in [6.07, 6.45) is 1.68. The molecular weight excluding hydrogens is 164 g/mol. The van der Waals surface area contributed by atoms with Gasteiger partial charge in [0.1, 0.15) is 0 Å². The van der Waals surface area contributed by atoms with Gasteiger partial charge in [0.05, 0.1) is 0 Å². The molecule has 1 atom stereocenters. The number of hydrogen-bond acceptors (Lipinski definition) is 2. The topological polar surface area (TPSA) is 41.1 Å². The van der Waals surface area contributed by atoms with E-state index < -0.39 is 0 Å². The SMILES string of the molecule is CC(C)(C)CC(=O)NC1CCNC1. The van der Waals surface area contributed by atoms with Gasteiger partial charge < -0.3 is 10.6 Å². The van der Waals surface area contributed by atoms with Gasteiger partial charge in [-0.05, 0) is 18.4 Å². The van der Waals surface area contributed by atoms with Crippen LogP contribution in [0.3, 0.4) is 0 Å². The van der Waals surface area contributed by atoms with E-state index in [1.165, 1.54) is 0 Å². The van der Waals surface area contributed by atoms with E-state index in [0.717, 1.165) is 19.5 Å². The zero-order valence-electron chi connectivity index (χ0n) is 8.81. The van der Waals surface area contributed by atoms with Crippen LogP contribution in [0.5, 0.6) is 0 Å². The fourth-order valence-corrected chi connectivity index (χ4v) is 1.54. The Morgan fingerprint density at radius 2 is 2.23 bits per heavy atom. The van der Waals surface area contributed by atoms with Gasteiger partial charge in [-0.25, -0.2) is 0 Å². The van der Waals surface area contributed by atoms with Gasteiger partial charge in [-0.3, -0.25) is 4.79 Å². The minimum Gasteiger partial charge on any atom is -0.352 e. The quantitative estimate of drug-likeness (QED) is 0.669. The van der Waals surface area contributed by atoms with Gasteiger partial charge in [-0.15, -0.1) is 0 Å². The van der Waals surface area contributed by atoms with E-state index in [0.29, 0.717) is 12.5 Å². The summed E-state index contributed by atoms with van der Waals surface area (Å²) in [6.45, 7) is 8.20. The number of carbonyl (C=O) groups excluding carboxylic acids is 1. The zero-order chi connectivity index (χ0) is 9.90. The normalized spacial score (nSPS) is 23.2. The highest BCUT2D eigenvalue weighted by Crippen LogP contribution is 2.18. The third-order valence-corrected chi connectivity index (χ3v) is 2.12. The lowest BCUT2D eigenvalue weighted by molar-refractivity contribution is -0.123. The predicted molar refractivity (Wildman–Crippen MR) is 53.5 cm³/mol. The van der Waals surface area contributed by atoms with E-state index in [1.807, 2.05) is 0 Å². The highest BCUT2D eigenvalue weighted by molar-refractivity contribution is 5.76. The standard InChI is InChI=1S/C10H20N2O/c1-10(2,3)6-9(13)12-8-4-5-11-7-8/h8,11H,4-7H2,1-3H3,(H,12,13). The maximum absolute atomic E-state index is 11.5. The van der Waals surface area contributed by atoms with Crippen molar-refractivity contribution in [2.75, 3.05) is 13.1 Å². The number of rotatable bonds is 2. The summed E-state index contributed by atoms with van der Waals surface area (Å²) in [5.41, 5.74) is 0.0934. The molecule has 3 heteroatoms. The van der Waals surface area contributed by atoms with Crippen molar-refractivity contribution in [2.45, 2.75) is 39.7 Å². The average Bonchev–Trinajstić information content (AvgIpc) is 2.34. The summed E-state index contributed by atoms with van der Waals surface area (Å²) in [7, 11) is 0. The molecule has 1 amide bonds. The maximum Gasteiger partial charge on any atom is 0.220 e. The summed E-state index contributed by atoms with van der Waals surface area (Å²) >= 11 is 0. The first-order valence-corrected chi connectivity index (χ1v) is 4.97. The van der Waals surface area contributed by atoms with Crippen LogP contribution in [0.1, 0.15) is 33.6 Å². The number of amides is 1. The summed E-state index contributed by atoms with van der Waals surface area (Å²) in [4.78, 5) is 11.5. The Hall–Kier alpha value is -0.570. The Kier molecular flexibility index (Phi) is 3.31. The monoisotopic (exact) mass is 184 g/mol. The van der Waals surface area contributed by atoms with Crippen molar-refractivity contribution in [2.24, 2.45) is 5.41 Å². The second-order valence-corrected chi connectivity index (χ2v) is 4.99. The van der Waals surface area contributed by atoms with Gasteiger partial charge in [-0.2, -0.15) is 0 Å². The van der Waals surface area contributed by atoms with Crippen LogP contribution in [0.4, 0.5) is 0 Å². The number of nitrogens with one attached hydrogen (secondary N) is 2. The molecule has 1 aliphatic rings. The first-order valence-electron chi connectivity index (χ1n) is 4.97. The van der Waals surface area contributed by atoms with E-state index in [2.05, 4.69) is 31.4 Å². The lowest BCUT2D eigenvalue weighted by atomic mass is 9.92. The van der Waals surface area contributed by atoms with E-state index in [-0.39, 0.29) is 11.3 Å². The van der Waals surface area contributed by atoms with Crippen LogP contribution in [0.25, 0.3) is 0 Å². The molecule has 1 fully saturated rings. The molecule has 0 saturated carbocycles. The van der Waals surface area contributed by atoms with Crippen molar-refractivity contribution in [3.8, 4) is 0 Å². The molecule has 2 N–H and O–H groups in total. The molecule has 0 radical (unpaired) electrons. The van der Waals surface area contributed by atoms with Gasteiger partial charge in [-0.1, -0.05) is 20.8 Å². The maximum atomic E-state index is 11.5. The molecule has 0 aromatic carbocycles. The van der Waals surface area contributed by atoms with Gasteiger partial charge in [0.25, 0.3) is 0 Å². The van der Waals surface area contributed by atoms with Gasteiger partial charge in [0, 0.05) is 19.0 Å². The van der Waals surface area contributed by atoms with Gasteiger partial charge in [0.15, 0.2) is 0 Å². The molecule has 0 spiro atoms. The highest BCUT2D eigenvalue weighted by atomic mass is 16.1. The molecule has 0 aromatic rings. The van der Waals surface area contributed by atoms with E-state index >= 15 is 0 Å². The molecule has 13 heavy (non-hydrogen) atoms. The van der Waals surface area contributed by atoms with Crippen LogP contribution in [-0.4, -0.2) is 25.0 Å². The minimum absolute atomic E-state index is 0.0934. The molecule has 1 unspecified atom stereocenters. The van der Waals surface area contributed by atoms with Crippen molar-refractivity contribution in [1.29, 1.82) is 0 Å². The van der Waals surface area contributed by atoms with Crippen LogP contribution < -0.4 is 10.6 Å². The Labute approximate surface area is 80.3 Å². The molecule has 0 bridgehead atoms. The molecule has 1 saturated heterocycles. The molecule has 1 rings (SSSR count). The lowest BCUT2D eigenvalue weighted by Gasteiger charge is -2.19. The van der Waals surface area contributed by atoms with Crippen LogP contribution in [0, 0.1) is 5.41 Å². The van der Waals surface area contributed by atoms with E-state index in [1.54, 1.807) is 0 Å². The number of carbonyl (C=O) groups is 1. The molecule has 0 aliphatic carbocycles. The second kappa shape index (κ2) is 4.09. The largest absolute Gasteiger partial charge is 0.352 e. The fourth-order valence-electron chi connectivity index (χ4n) is 1.54. The molecule has 76 valence electrons. The third-order valence-electron chi connectivity index (χ3n) is 2.12. The highest BCUT2D eigenvalue weighted by Gasteiger charge is 2.20. The number of hydrogen-bond donors (Lipinski definition) is 2. The van der Waals surface area contributed by atoms with Gasteiger partial charge >= 0.3 is 0 Å². The first-order chi connectivity index (χ1) is 5.97. The Balaban J connectivity index is 2.24. The van der Waals surface area contributed by atoms with Crippen LogP contribution >= 0.6 is 0 Å².